The van der Waals surface area contributed by atoms with Gasteiger partial charge < -0.3 is 4.52 Å². The highest BCUT2D eigenvalue weighted by atomic mass is 35.5. The lowest BCUT2D eigenvalue weighted by Crippen LogP contribution is -2.24. The Morgan fingerprint density at radius 1 is 1.32 bits per heavy atom. The van der Waals surface area contributed by atoms with Crippen LogP contribution in [-0.2, 0) is 16.6 Å². The molecule has 0 amide bonds. The highest BCUT2D eigenvalue weighted by molar-refractivity contribution is 7.92. The van der Waals surface area contributed by atoms with Crippen molar-refractivity contribution in [3.8, 4) is 0 Å². The van der Waals surface area contributed by atoms with Crippen molar-refractivity contribution in [2.45, 2.75) is 20.4 Å². The van der Waals surface area contributed by atoms with E-state index in [2.05, 4.69) is 5.16 Å². The van der Waals surface area contributed by atoms with Crippen LogP contribution in [0.5, 0.6) is 0 Å². The highest BCUT2D eigenvalue weighted by Gasteiger charge is 2.19. The van der Waals surface area contributed by atoms with Gasteiger partial charge in [-0.15, -0.1) is 0 Å². The highest BCUT2D eigenvalue weighted by Crippen LogP contribution is 2.19. The predicted octanol–water partition coefficient (Wildman–Crippen LogP) is 3.38. The molecule has 0 aliphatic carbocycles. The van der Waals surface area contributed by atoms with Crippen LogP contribution in [0.4, 0.5) is 0 Å². The van der Waals surface area contributed by atoms with Crippen LogP contribution < -0.4 is 0 Å². The first-order chi connectivity index (χ1) is 10.3. The minimum atomic E-state index is -3.56. The molecule has 118 valence electrons. The Hall–Kier alpha value is -1.63. The smallest absolute Gasteiger partial charge is 0.236 e. The minimum absolute atomic E-state index is 0.205. The maximum absolute atomic E-state index is 12.3. The fraction of sp³-hybridized carbons (Fsp3) is 0.267. The van der Waals surface area contributed by atoms with Crippen molar-refractivity contribution < 1.29 is 12.9 Å². The SMILES string of the molecule is Cc1noc(C)c1CN(C)S(=O)(=O)/C=C/c1ccccc1Cl. The van der Waals surface area contributed by atoms with Gasteiger partial charge in [0.1, 0.15) is 5.76 Å². The third-order valence-electron chi connectivity index (χ3n) is 3.32. The molecule has 2 rings (SSSR count). The lowest BCUT2D eigenvalue weighted by molar-refractivity contribution is 0.390. The van der Waals surface area contributed by atoms with Crippen molar-refractivity contribution in [2.75, 3.05) is 7.05 Å². The lowest BCUT2D eigenvalue weighted by atomic mass is 10.2. The van der Waals surface area contributed by atoms with Gasteiger partial charge in [-0.1, -0.05) is 35.0 Å². The van der Waals surface area contributed by atoms with Gasteiger partial charge in [-0.05, 0) is 31.6 Å². The van der Waals surface area contributed by atoms with Gasteiger partial charge in [0, 0.05) is 29.6 Å². The Bertz CT molecular complexity index is 777. The van der Waals surface area contributed by atoms with E-state index in [9.17, 15) is 8.42 Å². The number of hydrogen-bond acceptors (Lipinski definition) is 4. The van der Waals surface area contributed by atoms with Crippen molar-refractivity contribution in [3.05, 3.63) is 57.3 Å². The molecule has 0 N–H and O–H groups in total. The third-order valence-corrected chi connectivity index (χ3v) is 5.14. The van der Waals surface area contributed by atoms with E-state index in [0.717, 1.165) is 11.0 Å². The summed E-state index contributed by atoms with van der Waals surface area (Å²) in [4.78, 5) is 0. The average Bonchev–Trinajstić information content (AvgIpc) is 2.78. The Balaban J connectivity index is 2.18. The number of aryl methyl sites for hydroxylation is 2. The monoisotopic (exact) mass is 340 g/mol. The van der Waals surface area contributed by atoms with E-state index in [-0.39, 0.29) is 6.54 Å². The molecule has 0 bridgehead atoms. The summed E-state index contributed by atoms with van der Waals surface area (Å²) in [6.45, 7) is 3.75. The average molecular weight is 341 g/mol. The van der Waals surface area contributed by atoms with E-state index in [0.29, 0.717) is 22.0 Å². The summed E-state index contributed by atoms with van der Waals surface area (Å²) in [6, 6.07) is 7.05. The second kappa shape index (κ2) is 6.64. The molecular weight excluding hydrogens is 324 g/mol. The van der Waals surface area contributed by atoms with Gasteiger partial charge in [-0.3, -0.25) is 0 Å². The van der Waals surface area contributed by atoms with Crippen LogP contribution in [0.25, 0.3) is 6.08 Å². The Morgan fingerprint density at radius 3 is 2.59 bits per heavy atom. The Morgan fingerprint density at radius 2 is 2.00 bits per heavy atom. The van der Waals surface area contributed by atoms with Gasteiger partial charge in [0.25, 0.3) is 0 Å². The molecule has 1 heterocycles. The standard InChI is InChI=1S/C15H17ClN2O3S/c1-11-14(12(2)21-17-11)10-18(3)22(19,20)9-8-13-6-4-5-7-15(13)16/h4-9H,10H2,1-3H3/b9-8+. The van der Waals surface area contributed by atoms with Crippen LogP contribution >= 0.6 is 11.6 Å². The number of sulfonamides is 1. The van der Waals surface area contributed by atoms with Gasteiger partial charge in [0.05, 0.1) is 5.69 Å². The second-order valence-corrected chi connectivity index (χ2v) is 7.26. The normalized spacial score (nSPS) is 12.4. The van der Waals surface area contributed by atoms with Crippen LogP contribution in [0.3, 0.4) is 0 Å². The molecule has 0 saturated carbocycles. The number of halogens is 1. The summed E-state index contributed by atoms with van der Waals surface area (Å²) >= 11 is 6.01. The van der Waals surface area contributed by atoms with E-state index in [4.69, 9.17) is 16.1 Å². The lowest BCUT2D eigenvalue weighted by Gasteiger charge is -2.14. The fourth-order valence-corrected chi connectivity index (χ4v) is 2.95. The topological polar surface area (TPSA) is 63.4 Å². The molecule has 7 heteroatoms. The van der Waals surface area contributed by atoms with Crippen LogP contribution in [-0.4, -0.2) is 24.9 Å². The van der Waals surface area contributed by atoms with Crippen molar-refractivity contribution in [2.24, 2.45) is 0 Å². The van der Waals surface area contributed by atoms with E-state index >= 15 is 0 Å². The summed E-state index contributed by atoms with van der Waals surface area (Å²) in [6.07, 6.45) is 1.49. The molecule has 22 heavy (non-hydrogen) atoms. The van der Waals surface area contributed by atoms with E-state index in [1.807, 2.05) is 0 Å². The molecule has 1 aromatic heterocycles. The maximum atomic E-state index is 12.3. The van der Waals surface area contributed by atoms with Crippen molar-refractivity contribution in [3.63, 3.8) is 0 Å². The van der Waals surface area contributed by atoms with Gasteiger partial charge in [-0.25, -0.2) is 8.42 Å². The van der Waals surface area contributed by atoms with E-state index < -0.39 is 10.0 Å². The molecule has 1 aromatic carbocycles. The van der Waals surface area contributed by atoms with Crippen molar-refractivity contribution >= 4 is 27.7 Å². The molecule has 0 atom stereocenters. The van der Waals surface area contributed by atoms with Crippen LogP contribution in [0, 0.1) is 13.8 Å². The predicted molar refractivity (Wildman–Crippen MR) is 86.8 cm³/mol. The number of nitrogens with zero attached hydrogens (tertiary/aromatic N) is 2. The first-order valence-corrected chi connectivity index (χ1v) is 8.50. The largest absolute Gasteiger partial charge is 0.361 e. The first-order valence-electron chi connectivity index (χ1n) is 6.62. The van der Waals surface area contributed by atoms with Crippen molar-refractivity contribution in [1.82, 2.24) is 9.46 Å². The second-order valence-electron chi connectivity index (χ2n) is 4.93. The summed E-state index contributed by atoms with van der Waals surface area (Å²) in [5.74, 6) is 0.620. The molecule has 0 unspecified atom stereocenters. The summed E-state index contributed by atoms with van der Waals surface area (Å²) in [5, 5.41) is 5.47. The molecule has 5 nitrogen and oxygen atoms in total. The zero-order chi connectivity index (χ0) is 16.3. The number of benzene rings is 1. The fourth-order valence-electron chi connectivity index (χ4n) is 1.91. The zero-order valence-electron chi connectivity index (χ0n) is 12.6. The molecule has 0 aliphatic heterocycles. The molecule has 0 aliphatic rings. The number of aromatic nitrogens is 1. The van der Waals surface area contributed by atoms with Gasteiger partial charge in [0.15, 0.2) is 0 Å². The van der Waals surface area contributed by atoms with Crippen LogP contribution in [0.2, 0.25) is 5.02 Å². The molecular formula is C15H17ClN2O3S. The summed E-state index contributed by atoms with van der Waals surface area (Å²) < 4.78 is 30.9. The van der Waals surface area contributed by atoms with Gasteiger partial charge >= 0.3 is 0 Å². The first kappa shape index (κ1) is 16.7. The minimum Gasteiger partial charge on any atom is -0.361 e. The quantitative estimate of drug-likeness (QED) is 0.837. The van der Waals surface area contributed by atoms with Gasteiger partial charge in [0.2, 0.25) is 10.0 Å². The Kier molecular flexibility index (Phi) is 5.05. The molecule has 0 spiro atoms. The summed E-state index contributed by atoms with van der Waals surface area (Å²) in [7, 11) is -2.05. The molecule has 0 saturated heterocycles. The molecule has 2 aromatic rings. The van der Waals surface area contributed by atoms with E-state index in [1.54, 1.807) is 38.1 Å². The molecule has 0 radical (unpaired) electrons. The number of rotatable bonds is 5. The van der Waals surface area contributed by atoms with Gasteiger partial charge in [-0.2, -0.15) is 4.31 Å². The third kappa shape index (κ3) is 3.76. The summed E-state index contributed by atoms with van der Waals surface area (Å²) in [5.41, 5.74) is 2.12. The Labute approximate surface area is 135 Å². The molecule has 0 fully saturated rings. The zero-order valence-corrected chi connectivity index (χ0v) is 14.1. The van der Waals surface area contributed by atoms with Crippen molar-refractivity contribution in [1.29, 1.82) is 0 Å². The van der Waals surface area contributed by atoms with Crippen LogP contribution in [0.1, 0.15) is 22.6 Å². The number of hydrogen-bond donors (Lipinski definition) is 0. The van der Waals surface area contributed by atoms with E-state index in [1.165, 1.54) is 17.4 Å². The maximum Gasteiger partial charge on any atom is 0.236 e. The van der Waals surface area contributed by atoms with Crippen LogP contribution in [0.15, 0.2) is 34.2 Å².